The van der Waals surface area contributed by atoms with Crippen molar-refractivity contribution < 1.29 is 13.7 Å². The highest BCUT2D eigenvalue weighted by Crippen LogP contribution is 2.26. The van der Waals surface area contributed by atoms with E-state index < -0.39 is 16.6 Å². The molecule has 0 saturated heterocycles. The fourth-order valence-corrected chi connectivity index (χ4v) is 2.06. The quantitative estimate of drug-likeness (QED) is 0.667. The Kier molecular flexibility index (Phi) is 4.29. The number of benzene rings is 2. The summed E-state index contributed by atoms with van der Waals surface area (Å²) in [4.78, 5) is 10.3. The zero-order valence-electron chi connectivity index (χ0n) is 10.1. The van der Waals surface area contributed by atoms with Gasteiger partial charge in [-0.2, -0.15) is 0 Å². The lowest BCUT2D eigenvalue weighted by Gasteiger charge is -2.09. The van der Waals surface area contributed by atoms with Crippen molar-refractivity contribution in [3.05, 3.63) is 68.2 Å². The summed E-state index contributed by atoms with van der Waals surface area (Å²) in [6.07, 6.45) is 0. The van der Waals surface area contributed by atoms with Crippen LogP contribution in [0, 0.1) is 21.7 Å². The number of nitrogens with one attached hydrogen (secondary N) is 1. The minimum atomic E-state index is -0.711. The lowest BCUT2D eigenvalue weighted by atomic mass is 10.2. The second-order valence-corrected chi connectivity index (χ2v) is 4.85. The van der Waals surface area contributed by atoms with E-state index in [9.17, 15) is 18.9 Å². The summed E-state index contributed by atoms with van der Waals surface area (Å²) in [6.45, 7) is 0.0754. The average molecular weight is 343 g/mol. The van der Waals surface area contributed by atoms with Gasteiger partial charge in [0, 0.05) is 12.6 Å². The van der Waals surface area contributed by atoms with Gasteiger partial charge in [0.25, 0.3) is 5.69 Å². The number of nitrogens with zero attached hydrogens (tertiary/aromatic N) is 1. The highest BCUT2D eigenvalue weighted by molar-refractivity contribution is 9.10. The van der Waals surface area contributed by atoms with E-state index in [1.54, 1.807) is 6.07 Å². The van der Waals surface area contributed by atoms with Crippen LogP contribution in [0.25, 0.3) is 0 Å². The van der Waals surface area contributed by atoms with Gasteiger partial charge in [-0.3, -0.25) is 10.1 Å². The summed E-state index contributed by atoms with van der Waals surface area (Å²) in [6, 6.07) is 8.02. The van der Waals surface area contributed by atoms with Crippen LogP contribution in [0.15, 0.2) is 40.9 Å². The van der Waals surface area contributed by atoms with Gasteiger partial charge in [0.05, 0.1) is 9.40 Å². The molecule has 0 heterocycles. The van der Waals surface area contributed by atoms with Crippen molar-refractivity contribution in [2.24, 2.45) is 0 Å². The SMILES string of the molecule is O=[N+]([O-])c1cc(CNc2c(F)cccc2F)ccc1Br. The Balaban J connectivity index is 2.19. The van der Waals surface area contributed by atoms with Crippen LogP contribution in [-0.4, -0.2) is 4.92 Å². The molecule has 2 aromatic carbocycles. The second-order valence-electron chi connectivity index (χ2n) is 3.99. The molecular formula is C13H9BrF2N2O2. The Labute approximate surface area is 121 Å². The zero-order valence-corrected chi connectivity index (χ0v) is 11.7. The van der Waals surface area contributed by atoms with E-state index in [1.807, 2.05) is 0 Å². The van der Waals surface area contributed by atoms with Crippen molar-refractivity contribution in [2.45, 2.75) is 6.54 Å². The minimum absolute atomic E-state index is 0.0754. The fraction of sp³-hybridized carbons (Fsp3) is 0.0769. The van der Waals surface area contributed by atoms with E-state index in [2.05, 4.69) is 21.2 Å². The van der Waals surface area contributed by atoms with Crippen molar-refractivity contribution in [3.63, 3.8) is 0 Å². The van der Waals surface area contributed by atoms with E-state index in [1.165, 1.54) is 18.2 Å². The van der Waals surface area contributed by atoms with Crippen molar-refractivity contribution in [3.8, 4) is 0 Å². The third-order valence-electron chi connectivity index (χ3n) is 2.64. The van der Waals surface area contributed by atoms with Crippen LogP contribution >= 0.6 is 15.9 Å². The minimum Gasteiger partial charge on any atom is -0.376 e. The largest absolute Gasteiger partial charge is 0.376 e. The van der Waals surface area contributed by atoms with Crippen LogP contribution in [0.1, 0.15) is 5.56 Å². The summed E-state index contributed by atoms with van der Waals surface area (Å²) < 4.78 is 27.2. The Morgan fingerprint density at radius 1 is 1.20 bits per heavy atom. The van der Waals surface area contributed by atoms with Crippen molar-refractivity contribution >= 4 is 27.3 Å². The van der Waals surface area contributed by atoms with Crippen LogP contribution in [0.4, 0.5) is 20.2 Å². The lowest BCUT2D eigenvalue weighted by Crippen LogP contribution is -2.04. The topological polar surface area (TPSA) is 55.2 Å². The Bertz CT molecular complexity index is 645. The summed E-state index contributed by atoms with van der Waals surface area (Å²) >= 11 is 3.07. The molecule has 0 bridgehead atoms. The average Bonchev–Trinajstić information content (AvgIpc) is 2.39. The maximum Gasteiger partial charge on any atom is 0.283 e. The van der Waals surface area contributed by atoms with E-state index >= 15 is 0 Å². The predicted molar refractivity (Wildman–Crippen MR) is 74.5 cm³/mol. The Morgan fingerprint density at radius 2 is 1.85 bits per heavy atom. The van der Waals surface area contributed by atoms with Crippen molar-refractivity contribution in [1.82, 2.24) is 0 Å². The van der Waals surface area contributed by atoms with Gasteiger partial charge in [-0.15, -0.1) is 0 Å². The second kappa shape index (κ2) is 5.96. The van der Waals surface area contributed by atoms with Crippen molar-refractivity contribution in [1.29, 1.82) is 0 Å². The van der Waals surface area contributed by atoms with Crippen LogP contribution < -0.4 is 5.32 Å². The molecule has 20 heavy (non-hydrogen) atoms. The van der Waals surface area contributed by atoms with E-state index in [0.717, 1.165) is 12.1 Å². The van der Waals surface area contributed by atoms with Gasteiger partial charge in [0.1, 0.15) is 17.3 Å². The van der Waals surface area contributed by atoms with Crippen LogP contribution in [0.5, 0.6) is 0 Å². The van der Waals surface area contributed by atoms with E-state index in [-0.39, 0.29) is 17.9 Å². The van der Waals surface area contributed by atoms with Gasteiger partial charge in [-0.05, 0) is 39.7 Å². The molecule has 0 aliphatic heterocycles. The first-order valence-electron chi connectivity index (χ1n) is 5.59. The Hall–Kier alpha value is -2.02. The van der Waals surface area contributed by atoms with Gasteiger partial charge in [-0.25, -0.2) is 8.78 Å². The number of hydrogen-bond acceptors (Lipinski definition) is 3. The van der Waals surface area contributed by atoms with Gasteiger partial charge >= 0.3 is 0 Å². The standard InChI is InChI=1S/C13H9BrF2N2O2/c14-9-5-4-8(6-12(9)18(19)20)7-17-13-10(15)2-1-3-11(13)16/h1-6,17H,7H2. The summed E-state index contributed by atoms with van der Waals surface area (Å²) in [7, 11) is 0. The number of nitro groups is 1. The molecule has 0 aliphatic rings. The molecule has 0 aliphatic carbocycles. The smallest absolute Gasteiger partial charge is 0.283 e. The first-order valence-corrected chi connectivity index (χ1v) is 6.39. The first-order chi connectivity index (χ1) is 9.49. The molecule has 1 N–H and O–H groups in total. The predicted octanol–water partition coefficient (Wildman–Crippen LogP) is 4.25. The van der Waals surface area contributed by atoms with E-state index in [4.69, 9.17) is 0 Å². The molecule has 0 aromatic heterocycles. The normalized spacial score (nSPS) is 10.3. The highest BCUT2D eigenvalue weighted by Gasteiger charge is 2.13. The van der Waals surface area contributed by atoms with E-state index in [0.29, 0.717) is 10.0 Å². The molecule has 0 atom stereocenters. The number of anilines is 1. The number of hydrogen-bond donors (Lipinski definition) is 1. The molecule has 2 aromatic rings. The van der Waals surface area contributed by atoms with Gasteiger partial charge in [0.15, 0.2) is 0 Å². The third-order valence-corrected chi connectivity index (χ3v) is 3.31. The highest BCUT2D eigenvalue weighted by atomic mass is 79.9. The van der Waals surface area contributed by atoms with Crippen LogP contribution in [0.2, 0.25) is 0 Å². The number of para-hydroxylation sites is 1. The summed E-state index contributed by atoms with van der Waals surface area (Å²) in [5, 5.41) is 13.4. The summed E-state index contributed by atoms with van der Waals surface area (Å²) in [5.74, 6) is -1.42. The monoisotopic (exact) mass is 342 g/mol. The number of halogens is 3. The molecule has 0 unspecified atom stereocenters. The molecule has 0 spiro atoms. The third kappa shape index (κ3) is 3.11. The van der Waals surface area contributed by atoms with Gasteiger partial charge < -0.3 is 5.32 Å². The molecule has 4 nitrogen and oxygen atoms in total. The maximum absolute atomic E-state index is 13.4. The number of nitro benzene ring substituents is 1. The summed E-state index contributed by atoms with van der Waals surface area (Å²) in [5.41, 5.74) is 0.193. The molecule has 104 valence electrons. The molecule has 2 rings (SSSR count). The molecule has 0 saturated carbocycles. The molecule has 0 radical (unpaired) electrons. The maximum atomic E-state index is 13.4. The molecule has 0 amide bonds. The molecule has 7 heteroatoms. The first kappa shape index (κ1) is 14.4. The zero-order chi connectivity index (χ0) is 14.7. The number of rotatable bonds is 4. The fourth-order valence-electron chi connectivity index (χ4n) is 1.67. The lowest BCUT2D eigenvalue weighted by molar-refractivity contribution is -0.385. The van der Waals surface area contributed by atoms with Crippen molar-refractivity contribution in [2.75, 3.05) is 5.32 Å². The Morgan fingerprint density at radius 3 is 2.45 bits per heavy atom. The van der Waals surface area contributed by atoms with Gasteiger partial charge in [-0.1, -0.05) is 12.1 Å². The molecule has 0 fully saturated rings. The molecular weight excluding hydrogens is 334 g/mol. The van der Waals surface area contributed by atoms with Crippen LogP contribution in [-0.2, 0) is 6.54 Å². The van der Waals surface area contributed by atoms with Gasteiger partial charge in [0.2, 0.25) is 0 Å². The van der Waals surface area contributed by atoms with Crippen LogP contribution in [0.3, 0.4) is 0 Å².